The SMILES string of the molecule is CC(C)(Nc1ccc(C(F)(F)F)cc1)C(N)=O. The number of carbonyl (C=O) groups excluding carboxylic acids is 1. The number of alkyl halides is 3. The van der Waals surface area contributed by atoms with E-state index in [2.05, 4.69) is 5.32 Å². The Labute approximate surface area is 96.8 Å². The molecule has 1 aromatic rings. The number of halogens is 3. The third-order valence-corrected chi connectivity index (χ3v) is 2.29. The van der Waals surface area contributed by atoms with Gasteiger partial charge in [0.1, 0.15) is 5.54 Å². The third kappa shape index (κ3) is 3.37. The standard InChI is InChI=1S/C11H13F3N2O/c1-10(2,9(15)17)16-8-5-3-7(4-6-8)11(12,13)14/h3-6,16H,1-2H3,(H2,15,17). The maximum atomic E-state index is 12.3. The van der Waals surface area contributed by atoms with Crippen LogP contribution < -0.4 is 11.1 Å². The van der Waals surface area contributed by atoms with Crippen molar-refractivity contribution >= 4 is 11.6 Å². The Morgan fingerprint density at radius 3 is 2.00 bits per heavy atom. The summed E-state index contributed by atoms with van der Waals surface area (Å²) in [5, 5.41) is 2.75. The lowest BCUT2D eigenvalue weighted by Crippen LogP contribution is -2.45. The zero-order valence-corrected chi connectivity index (χ0v) is 9.43. The van der Waals surface area contributed by atoms with Gasteiger partial charge in [0.15, 0.2) is 0 Å². The van der Waals surface area contributed by atoms with E-state index in [1.807, 2.05) is 0 Å². The molecule has 3 N–H and O–H groups in total. The predicted molar refractivity (Wildman–Crippen MR) is 58.3 cm³/mol. The fraction of sp³-hybridized carbons (Fsp3) is 0.364. The highest BCUT2D eigenvalue weighted by Gasteiger charge is 2.30. The smallest absolute Gasteiger partial charge is 0.372 e. The van der Waals surface area contributed by atoms with Crippen molar-refractivity contribution in [3.05, 3.63) is 29.8 Å². The Hall–Kier alpha value is -1.72. The highest BCUT2D eigenvalue weighted by Crippen LogP contribution is 2.30. The van der Waals surface area contributed by atoms with Gasteiger partial charge in [0.05, 0.1) is 5.56 Å². The molecule has 0 atom stereocenters. The molecule has 6 heteroatoms. The van der Waals surface area contributed by atoms with Crippen molar-refractivity contribution in [1.82, 2.24) is 0 Å². The van der Waals surface area contributed by atoms with Gasteiger partial charge in [-0.05, 0) is 38.1 Å². The fourth-order valence-electron chi connectivity index (χ4n) is 1.16. The van der Waals surface area contributed by atoms with Crippen molar-refractivity contribution in [1.29, 1.82) is 0 Å². The number of nitrogens with two attached hydrogens (primary N) is 1. The molecule has 3 nitrogen and oxygen atoms in total. The molecule has 1 aromatic carbocycles. The van der Waals surface area contributed by atoms with E-state index in [9.17, 15) is 18.0 Å². The van der Waals surface area contributed by atoms with Crippen LogP contribution in [-0.4, -0.2) is 11.4 Å². The van der Waals surface area contributed by atoms with Gasteiger partial charge in [-0.2, -0.15) is 13.2 Å². The van der Waals surface area contributed by atoms with Gasteiger partial charge in [0.2, 0.25) is 5.91 Å². The van der Waals surface area contributed by atoms with E-state index in [-0.39, 0.29) is 0 Å². The first-order valence-electron chi connectivity index (χ1n) is 4.88. The minimum atomic E-state index is -4.36. The summed E-state index contributed by atoms with van der Waals surface area (Å²) < 4.78 is 36.9. The molecular formula is C11H13F3N2O. The second-order valence-corrected chi connectivity index (χ2v) is 4.19. The Morgan fingerprint density at radius 2 is 1.65 bits per heavy atom. The summed E-state index contributed by atoms with van der Waals surface area (Å²) in [6, 6.07) is 4.40. The molecule has 0 aromatic heterocycles. The normalized spacial score (nSPS) is 12.3. The highest BCUT2D eigenvalue weighted by molar-refractivity contribution is 5.86. The van der Waals surface area contributed by atoms with Crippen LogP contribution in [0.4, 0.5) is 18.9 Å². The maximum Gasteiger partial charge on any atom is 0.416 e. The summed E-state index contributed by atoms with van der Waals surface area (Å²) in [5.74, 6) is -0.586. The number of carbonyl (C=O) groups is 1. The first-order valence-corrected chi connectivity index (χ1v) is 4.88. The van der Waals surface area contributed by atoms with E-state index in [1.165, 1.54) is 12.1 Å². The molecule has 1 rings (SSSR count). The molecule has 0 aliphatic carbocycles. The molecule has 0 bridgehead atoms. The topological polar surface area (TPSA) is 55.1 Å². The number of hydrogen-bond donors (Lipinski definition) is 2. The molecule has 94 valence electrons. The summed E-state index contributed by atoms with van der Waals surface area (Å²) in [4.78, 5) is 11.0. The zero-order valence-electron chi connectivity index (χ0n) is 9.43. The van der Waals surface area contributed by atoms with Crippen LogP contribution in [0.25, 0.3) is 0 Å². The zero-order chi connectivity index (χ0) is 13.3. The van der Waals surface area contributed by atoms with Gasteiger partial charge in [0.25, 0.3) is 0 Å². The van der Waals surface area contributed by atoms with Gasteiger partial charge < -0.3 is 11.1 Å². The second kappa shape index (κ2) is 4.27. The third-order valence-electron chi connectivity index (χ3n) is 2.29. The van der Waals surface area contributed by atoms with Crippen LogP contribution in [0.15, 0.2) is 24.3 Å². The number of benzene rings is 1. The molecule has 0 radical (unpaired) electrons. The highest BCUT2D eigenvalue weighted by atomic mass is 19.4. The van der Waals surface area contributed by atoms with E-state index < -0.39 is 23.2 Å². The Bertz CT molecular complexity index is 410. The predicted octanol–water partition coefficient (Wildman–Crippen LogP) is 2.38. The molecule has 17 heavy (non-hydrogen) atoms. The maximum absolute atomic E-state index is 12.3. The van der Waals surface area contributed by atoms with Crippen LogP contribution in [0.5, 0.6) is 0 Å². The lowest BCUT2D eigenvalue weighted by atomic mass is 10.0. The van der Waals surface area contributed by atoms with Crippen LogP contribution in [0.1, 0.15) is 19.4 Å². The first-order chi connectivity index (χ1) is 7.63. The molecule has 0 aliphatic rings. The van der Waals surface area contributed by atoms with Crippen molar-refractivity contribution in [2.75, 3.05) is 5.32 Å². The molecular weight excluding hydrogens is 233 g/mol. The average molecular weight is 246 g/mol. The molecule has 0 unspecified atom stereocenters. The van der Waals surface area contributed by atoms with E-state index in [4.69, 9.17) is 5.73 Å². The van der Waals surface area contributed by atoms with Crippen molar-refractivity contribution < 1.29 is 18.0 Å². The van der Waals surface area contributed by atoms with Gasteiger partial charge in [-0.15, -0.1) is 0 Å². The summed E-state index contributed by atoms with van der Waals surface area (Å²) in [5.41, 5.74) is 3.79. The van der Waals surface area contributed by atoms with E-state index in [0.717, 1.165) is 12.1 Å². The Balaban J connectivity index is 2.86. The summed E-state index contributed by atoms with van der Waals surface area (Å²) in [6.45, 7) is 3.10. The van der Waals surface area contributed by atoms with Crippen LogP contribution in [0, 0.1) is 0 Å². The summed E-state index contributed by atoms with van der Waals surface area (Å²) >= 11 is 0. The molecule has 0 heterocycles. The second-order valence-electron chi connectivity index (χ2n) is 4.19. The van der Waals surface area contributed by atoms with E-state index in [0.29, 0.717) is 5.69 Å². The minimum absolute atomic E-state index is 0.404. The summed E-state index contributed by atoms with van der Waals surface area (Å²) in [7, 11) is 0. The minimum Gasteiger partial charge on any atom is -0.372 e. The van der Waals surface area contributed by atoms with Crippen LogP contribution in [0.2, 0.25) is 0 Å². The van der Waals surface area contributed by atoms with Gasteiger partial charge in [-0.25, -0.2) is 0 Å². The molecule has 0 fully saturated rings. The van der Waals surface area contributed by atoms with Crippen molar-refractivity contribution in [2.24, 2.45) is 5.73 Å². The van der Waals surface area contributed by atoms with E-state index >= 15 is 0 Å². The van der Waals surface area contributed by atoms with Gasteiger partial charge in [0, 0.05) is 5.69 Å². The van der Waals surface area contributed by atoms with Crippen LogP contribution in [0.3, 0.4) is 0 Å². The molecule has 0 spiro atoms. The van der Waals surface area contributed by atoms with Crippen LogP contribution in [-0.2, 0) is 11.0 Å². The largest absolute Gasteiger partial charge is 0.416 e. The van der Waals surface area contributed by atoms with Gasteiger partial charge >= 0.3 is 6.18 Å². The number of amides is 1. The number of rotatable bonds is 3. The van der Waals surface area contributed by atoms with Crippen molar-refractivity contribution in [3.8, 4) is 0 Å². The number of hydrogen-bond acceptors (Lipinski definition) is 2. The van der Waals surface area contributed by atoms with Crippen molar-refractivity contribution in [3.63, 3.8) is 0 Å². The van der Waals surface area contributed by atoms with Crippen LogP contribution >= 0.6 is 0 Å². The monoisotopic (exact) mass is 246 g/mol. The number of primary amides is 1. The van der Waals surface area contributed by atoms with Gasteiger partial charge in [-0.3, -0.25) is 4.79 Å². The Morgan fingerprint density at radius 1 is 1.18 bits per heavy atom. The average Bonchev–Trinajstić information content (AvgIpc) is 2.16. The fourth-order valence-corrected chi connectivity index (χ4v) is 1.16. The quantitative estimate of drug-likeness (QED) is 0.860. The van der Waals surface area contributed by atoms with Crippen molar-refractivity contribution in [2.45, 2.75) is 25.6 Å². The Kier molecular flexibility index (Phi) is 3.35. The first kappa shape index (κ1) is 13.3. The van der Waals surface area contributed by atoms with Gasteiger partial charge in [-0.1, -0.05) is 0 Å². The lowest BCUT2D eigenvalue weighted by Gasteiger charge is -2.23. The summed E-state index contributed by atoms with van der Waals surface area (Å²) in [6.07, 6.45) is -4.36. The number of anilines is 1. The molecule has 0 saturated carbocycles. The number of nitrogens with one attached hydrogen (secondary N) is 1. The lowest BCUT2D eigenvalue weighted by molar-refractivity contribution is -0.137. The molecule has 1 amide bonds. The molecule has 0 aliphatic heterocycles. The molecule has 0 saturated heterocycles. The van der Waals surface area contributed by atoms with E-state index in [1.54, 1.807) is 13.8 Å².